The fraction of sp³-hybridized carbons (Fsp3) is 0.867. The van der Waals surface area contributed by atoms with Crippen LogP contribution in [0.25, 0.3) is 0 Å². The van der Waals surface area contributed by atoms with Gasteiger partial charge in [-0.2, -0.15) is 0 Å². The highest BCUT2D eigenvalue weighted by Gasteiger charge is 2.34. The molecule has 0 aromatic rings. The molecule has 0 amide bonds. The lowest BCUT2D eigenvalue weighted by molar-refractivity contribution is -0.197. The van der Waals surface area contributed by atoms with Gasteiger partial charge < -0.3 is 0 Å². The third kappa shape index (κ3) is 5.25. The lowest BCUT2D eigenvalue weighted by atomic mass is 9.66. The average Bonchev–Trinajstić information content (AvgIpc) is 2.05. The van der Waals surface area contributed by atoms with Crippen LogP contribution in [0.5, 0.6) is 0 Å². The zero-order valence-corrected chi connectivity index (χ0v) is 16.0. The maximum absolute atomic E-state index is 5.30. The molecule has 3 heteroatoms. The van der Waals surface area contributed by atoms with Gasteiger partial charge in [-0.1, -0.05) is 67.9 Å². The predicted molar refractivity (Wildman–Crippen MR) is 82.4 cm³/mol. The van der Waals surface area contributed by atoms with Crippen LogP contribution in [0.15, 0.2) is 11.1 Å². The normalized spacial score (nSPS) is 13.8. The van der Waals surface area contributed by atoms with Crippen molar-refractivity contribution in [2.45, 2.75) is 62.3 Å². The summed E-state index contributed by atoms with van der Waals surface area (Å²) in [5.74, 6) is 0. The second-order valence-corrected chi connectivity index (χ2v) is 8.37. The maximum Gasteiger partial charge on any atom is 0.193 e. The maximum atomic E-state index is 5.30. The summed E-state index contributed by atoms with van der Waals surface area (Å²) >= 11 is 0. The minimum absolute atomic E-state index is 0.0932. The fourth-order valence-electron chi connectivity index (χ4n) is 2.81. The topological polar surface area (TPSA) is 18.5 Å². The Balaban J connectivity index is 5.88. The van der Waals surface area contributed by atoms with E-state index in [1.165, 1.54) is 11.1 Å². The Hall–Kier alpha value is -0.123. The Morgan fingerprint density at radius 2 is 1.17 bits per heavy atom. The Morgan fingerprint density at radius 3 is 1.39 bits per heavy atom. The minimum atomic E-state index is 0.0932. The third-order valence-electron chi connectivity index (χ3n) is 3.03. The molecule has 18 heavy (non-hydrogen) atoms. The molecule has 2 nitrogen and oxygen atoms in total. The highest BCUT2D eigenvalue weighted by atomic mass is 28.2. The van der Waals surface area contributed by atoms with Gasteiger partial charge in [0.05, 0.1) is 0 Å². The monoisotopic (exact) mass is 272 g/mol. The van der Waals surface area contributed by atoms with Crippen molar-refractivity contribution in [3.63, 3.8) is 0 Å². The molecule has 0 heterocycles. The summed E-state index contributed by atoms with van der Waals surface area (Å²) in [5.41, 5.74) is 3.19. The molecule has 0 aromatic heterocycles. The first-order valence-electron chi connectivity index (χ1n) is 6.72. The largest absolute Gasteiger partial charge is 0.298 e. The zero-order chi connectivity index (χ0) is 14.8. The smallest absolute Gasteiger partial charge is 0.193 e. The second-order valence-electron chi connectivity index (χ2n) is 8.03. The summed E-state index contributed by atoms with van der Waals surface area (Å²) < 4.78 is 4.95. The summed E-state index contributed by atoms with van der Waals surface area (Å²) in [6, 6.07) is 0. The first-order valence-corrected chi connectivity index (χ1v) is 7.53. The molecule has 0 aromatic carbocycles. The van der Waals surface area contributed by atoms with Gasteiger partial charge in [0.2, 0.25) is 0 Å². The van der Waals surface area contributed by atoms with E-state index in [9.17, 15) is 0 Å². The van der Waals surface area contributed by atoms with Crippen LogP contribution in [0.3, 0.4) is 0 Å². The van der Waals surface area contributed by atoms with Crippen molar-refractivity contribution in [1.82, 2.24) is 0 Å². The SMILES string of the molecule is CC(C)(C)C(COO[SiH3])=C(C(C)(C)C)C(C)(C)C. The molecule has 0 aliphatic carbocycles. The first-order chi connectivity index (χ1) is 7.81. The van der Waals surface area contributed by atoms with Crippen LogP contribution in [-0.2, 0) is 9.46 Å². The van der Waals surface area contributed by atoms with Gasteiger partial charge in [-0.15, -0.1) is 0 Å². The highest BCUT2D eigenvalue weighted by molar-refractivity contribution is 5.97. The molecule has 0 unspecified atom stereocenters. The van der Waals surface area contributed by atoms with E-state index in [0.717, 1.165) is 0 Å². The van der Waals surface area contributed by atoms with Crippen LogP contribution in [0, 0.1) is 16.2 Å². The summed E-state index contributed by atoms with van der Waals surface area (Å²) in [6.07, 6.45) is 0. The average molecular weight is 273 g/mol. The van der Waals surface area contributed by atoms with Gasteiger partial charge in [0.15, 0.2) is 10.5 Å². The lowest BCUT2D eigenvalue weighted by Crippen LogP contribution is -2.30. The quantitative estimate of drug-likeness (QED) is 0.338. The van der Waals surface area contributed by atoms with Crippen molar-refractivity contribution < 1.29 is 9.46 Å². The summed E-state index contributed by atoms with van der Waals surface area (Å²) in [5, 5.41) is 0. The molecule has 0 bridgehead atoms. The van der Waals surface area contributed by atoms with E-state index in [0.29, 0.717) is 17.1 Å². The summed E-state index contributed by atoms with van der Waals surface area (Å²) in [7, 11) is 0.611. The second kappa shape index (κ2) is 5.89. The minimum Gasteiger partial charge on any atom is -0.298 e. The Bertz CT molecular complexity index is 282. The number of hydrogen-bond acceptors (Lipinski definition) is 2. The standard InChI is InChI=1S/C15H32O2Si/c1-13(2,3)11(10-16-17-18)12(14(4,5)6)15(7,8)9/h10H2,1-9,18H3. The highest BCUT2D eigenvalue weighted by Crippen LogP contribution is 2.45. The van der Waals surface area contributed by atoms with Crippen LogP contribution < -0.4 is 0 Å². The zero-order valence-electron chi connectivity index (χ0n) is 14.0. The van der Waals surface area contributed by atoms with Crippen LogP contribution in [0.4, 0.5) is 0 Å². The van der Waals surface area contributed by atoms with Gasteiger partial charge in [-0.05, 0) is 21.8 Å². The number of rotatable bonds is 3. The van der Waals surface area contributed by atoms with Gasteiger partial charge in [0.1, 0.15) is 6.61 Å². The molecule has 0 rings (SSSR count). The summed E-state index contributed by atoms with van der Waals surface area (Å²) in [6.45, 7) is 21.0. The van der Waals surface area contributed by atoms with Crippen molar-refractivity contribution in [1.29, 1.82) is 0 Å². The van der Waals surface area contributed by atoms with Crippen molar-refractivity contribution >= 4 is 10.5 Å². The Labute approximate surface area is 117 Å². The van der Waals surface area contributed by atoms with E-state index in [1.807, 2.05) is 0 Å². The molecule has 0 spiro atoms. The molecule has 0 aliphatic rings. The van der Waals surface area contributed by atoms with E-state index >= 15 is 0 Å². The first kappa shape index (κ1) is 17.9. The van der Waals surface area contributed by atoms with Gasteiger partial charge in [-0.25, -0.2) is 4.89 Å². The summed E-state index contributed by atoms with van der Waals surface area (Å²) in [4.78, 5) is 5.30. The number of hydrogen-bond donors (Lipinski definition) is 0. The lowest BCUT2D eigenvalue weighted by Gasteiger charge is -2.40. The molecule has 0 N–H and O–H groups in total. The van der Waals surface area contributed by atoms with E-state index in [-0.39, 0.29) is 16.2 Å². The van der Waals surface area contributed by atoms with Crippen molar-refractivity contribution in [3.8, 4) is 0 Å². The van der Waals surface area contributed by atoms with Crippen LogP contribution in [0.2, 0.25) is 0 Å². The fourth-order valence-corrected chi connectivity index (χ4v) is 2.93. The Kier molecular flexibility index (Phi) is 5.85. The molecule has 0 saturated heterocycles. The van der Waals surface area contributed by atoms with E-state index < -0.39 is 0 Å². The van der Waals surface area contributed by atoms with Gasteiger partial charge in [0, 0.05) is 0 Å². The van der Waals surface area contributed by atoms with Crippen molar-refractivity contribution in [3.05, 3.63) is 11.1 Å². The van der Waals surface area contributed by atoms with Gasteiger partial charge >= 0.3 is 0 Å². The Morgan fingerprint density at radius 1 is 0.778 bits per heavy atom. The van der Waals surface area contributed by atoms with Crippen LogP contribution >= 0.6 is 0 Å². The molecule has 0 fully saturated rings. The van der Waals surface area contributed by atoms with Crippen molar-refractivity contribution in [2.24, 2.45) is 16.2 Å². The molecule has 0 atom stereocenters. The van der Waals surface area contributed by atoms with Gasteiger partial charge in [0.25, 0.3) is 0 Å². The predicted octanol–water partition coefficient (Wildman–Crippen LogP) is 3.65. The molecular formula is C15H32O2Si. The molecule has 0 aliphatic heterocycles. The third-order valence-corrected chi connectivity index (χ3v) is 3.26. The number of allylic oxidation sites excluding steroid dienone is 1. The molecule has 108 valence electrons. The van der Waals surface area contributed by atoms with Crippen LogP contribution in [0.1, 0.15) is 62.3 Å². The van der Waals surface area contributed by atoms with Gasteiger partial charge in [-0.3, -0.25) is 4.58 Å². The molecule has 0 saturated carbocycles. The van der Waals surface area contributed by atoms with Crippen molar-refractivity contribution in [2.75, 3.05) is 6.61 Å². The molecule has 0 radical (unpaired) electrons. The van der Waals surface area contributed by atoms with Crippen LogP contribution in [-0.4, -0.2) is 17.1 Å². The molecular weight excluding hydrogens is 240 g/mol. The van der Waals surface area contributed by atoms with E-state index in [4.69, 9.17) is 9.46 Å². The van der Waals surface area contributed by atoms with E-state index in [2.05, 4.69) is 62.3 Å². The van der Waals surface area contributed by atoms with E-state index in [1.54, 1.807) is 0 Å².